The Balaban J connectivity index is 1.67. The molecule has 4 aromatic rings. The highest BCUT2D eigenvalue weighted by Crippen LogP contribution is 2.30. The van der Waals surface area contributed by atoms with Gasteiger partial charge in [-0.25, -0.2) is 9.67 Å². The van der Waals surface area contributed by atoms with Gasteiger partial charge in [-0.2, -0.15) is 0 Å². The van der Waals surface area contributed by atoms with E-state index >= 15 is 0 Å². The van der Waals surface area contributed by atoms with Gasteiger partial charge in [0.15, 0.2) is 10.5 Å². The average molecular weight is 515 g/mol. The maximum Gasteiger partial charge on any atom is 0.297 e. The van der Waals surface area contributed by atoms with Crippen LogP contribution in [0.3, 0.4) is 0 Å². The number of ether oxygens (including phenoxy) is 1. The van der Waals surface area contributed by atoms with Crippen LogP contribution < -0.4 is 10.4 Å². The van der Waals surface area contributed by atoms with Crippen LogP contribution in [0.15, 0.2) is 63.7 Å². The van der Waals surface area contributed by atoms with Crippen molar-refractivity contribution in [3.8, 4) is 16.9 Å². The molecule has 0 aliphatic carbocycles. The quantitative estimate of drug-likeness (QED) is 0.341. The van der Waals surface area contributed by atoms with Gasteiger partial charge in [0, 0.05) is 24.6 Å². The lowest BCUT2D eigenvalue weighted by Gasteiger charge is -2.14. The highest BCUT2D eigenvalue weighted by atomic mass is 35.5. The molecule has 0 N–H and O–H groups in total. The molecular weight excluding hydrogens is 491 g/mol. The summed E-state index contributed by atoms with van der Waals surface area (Å²) >= 11 is 14.0. The Bertz CT molecular complexity index is 1460. The molecule has 6 nitrogen and oxygen atoms in total. The fraction of sp³-hybridized carbons (Fsp3) is 0.280. The van der Waals surface area contributed by atoms with Crippen LogP contribution in [0.1, 0.15) is 18.5 Å². The summed E-state index contributed by atoms with van der Waals surface area (Å²) in [6.45, 7) is 3.33. The first kappa shape index (κ1) is 23.2. The third-order valence-electron chi connectivity index (χ3n) is 6.15. The first-order chi connectivity index (χ1) is 16.4. The van der Waals surface area contributed by atoms with Crippen molar-refractivity contribution >= 4 is 40.2 Å². The van der Waals surface area contributed by atoms with Crippen molar-refractivity contribution in [1.82, 2.24) is 13.9 Å². The number of para-hydroxylation sites is 1. The summed E-state index contributed by atoms with van der Waals surface area (Å²) in [5.41, 5.74) is 3.78. The van der Waals surface area contributed by atoms with Crippen molar-refractivity contribution in [1.29, 1.82) is 0 Å². The molecule has 1 fully saturated rings. The summed E-state index contributed by atoms with van der Waals surface area (Å²) in [5.74, 6) is 0. The topological polar surface area (TPSA) is 53.5 Å². The molecule has 1 aliphatic heterocycles. The van der Waals surface area contributed by atoms with Gasteiger partial charge < -0.3 is 9.30 Å². The second-order valence-corrected chi connectivity index (χ2v) is 9.95. The molecule has 0 amide bonds. The van der Waals surface area contributed by atoms with Crippen molar-refractivity contribution in [2.75, 3.05) is 6.61 Å². The molecular formula is C25H24Cl2N4O2S. The van der Waals surface area contributed by atoms with E-state index in [1.807, 2.05) is 66.5 Å². The smallest absolute Gasteiger partial charge is 0.297 e. The highest BCUT2D eigenvalue weighted by molar-refractivity contribution is 7.07. The van der Waals surface area contributed by atoms with Crippen molar-refractivity contribution < 1.29 is 4.74 Å². The Labute approximate surface area is 211 Å². The number of nitrogens with zero attached hydrogens (tertiary/aromatic N) is 4. The molecule has 1 saturated heterocycles. The second-order valence-electron chi connectivity index (χ2n) is 8.30. The first-order valence-electron chi connectivity index (χ1n) is 11.1. The van der Waals surface area contributed by atoms with Gasteiger partial charge >= 0.3 is 0 Å². The normalized spacial score (nSPS) is 16.5. The fourth-order valence-corrected chi connectivity index (χ4v) is 5.47. The number of hydrogen-bond acceptors (Lipinski definition) is 4. The van der Waals surface area contributed by atoms with Gasteiger partial charge in [-0.15, -0.1) is 11.3 Å². The zero-order valence-corrected chi connectivity index (χ0v) is 21.2. The van der Waals surface area contributed by atoms with E-state index in [0.717, 1.165) is 46.9 Å². The SMILES string of the molecule is Cc1c(N=c2scc(-c3ccc(Cl)c(Cl)c3)n2CC2CCCO2)c(=O)n(-c2ccccc2)n1C. The highest BCUT2D eigenvalue weighted by Gasteiger charge is 2.21. The maximum atomic E-state index is 13.4. The molecule has 1 unspecified atom stereocenters. The molecule has 0 radical (unpaired) electrons. The minimum absolute atomic E-state index is 0.105. The Morgan fingerprint density at radius 1 is 1.15 bits per heavy atom. The monoisotopic (exact) mass is 514 g/mol. The van der Waals surface area contributed by atoms with Crippen LogP contribution >= 0.6 is 34.5 Å². The lowest BCUT2D eigenvalue weighted by molar-refractivity contribution is 0.0968. The van der Waals surface area contributed by atoms with E-state index < -0.39 is 0 Å². The molecule has 9 heteroatoms. The summed E-state index contributed by atoms with van der Waals surface area (Å²) in [6.07, 6.45) is 2.14. The molecule has 2 aromatic carbocycles. The van der Waals surface area contributed by atoms with Gasteiger partial charge in [0.2, 0.25) is 0 Å². The molecule has 0 bridgehead atoms. The lowest BCUT2D eigenvalue weighted by atomic mass is 10.1. The van der Waals surface area contributed by atoms with Gasteiger partial charge in [0.25, 0.3) is 5.56 Å². The van der Waals surface area contributed by atoms with E-state index in [4.69, 9.17) is 32.9 Å². The van der Waals surface area contributed by atoms with E-state index in [1.54, 1.807) is 10.7 Å². The van der Waals surface area contributed by atoms with Gasteiger partial charge in [-0.3, -0.25) is 9.48 Å². The number of benzene rings is 2. The minimum atomic E-state index is -0.153. The molecule has 5 rings (SSSR count). The molecule has 0 saturated carbocycles. The average Bonchev–Trinajstić information content (AvgIpc) is 3.54. The standard InChI is InChI=1S/C25H24Cl2N4O2S/c1-16-23(24(32)31(29(16)2)18-7-4-3-5-8-18)28-25-30(14-19-9-6-12-33-19)22(15-34-25)17-10-11-20(26)21(27)13-17/h3-5,7-8,10-11,13,15,19H,6,9,12,14H2,1-2H3. The summed E-state index contributed by atoms with van der Waals surface area (Å²) in [6, 6.07) is 15.2. The number of rotatable bonds is 5. The predicted octanol–water partition coefficient (Wildman–Crippen LogP) is 5.73. The molecule has 3 heterocycles. The van der Waals surface area contributed by atoms with Crippen molar-refractivity contribution in [2.24, 2.45) is 12.0 Å². The Morgan fingerprint density at radius 3 is 2.65 bits per heavy atom. The number of aromatic nitrogens is 3. The minimum Gasteiger partial charge on any atom is -0.376 e. The zero-order chi connectivity index (χ0) is 23.8. The number of thiazole rings is 1. The van der Waals surface area contributed by atoms with Crippen LogP contribution in [0.5, 0.6) is 0 Å². The van der Waals surface area contributed by atoms with Gasteiger partial charge in [0.1, 0.15) is 0 Å². The summed E-state index contributed by atoms with van der Waals surface area (Å²) in [5, 5.41) is 3.05. The third kappa shape index (κ3) is 4.29. The summed E-state index contributed by atoms with van der Waals surface area (Å²) < 4.78 is 11.5. The molecule has 0 spiro atoms. The van der Waals surface area contributed by atoms with E-state index in [9.17, 15) is 4.79 Å². The molecule has 176 valence electrons. The van der Waals surface area contributed by atoms with E-state index in [1.165, 1.54) is 11.3 Å². The van der Waals surface area contributed by atoms with Crippen LogP contribution in [0, 0.1) is 6.92 Å². The van der Waals surface area contributed by atoms with Gasteiger partial charge in [0.05, 0.1) is 39.8 Å². The van der Waals surface area contributed by atoms with Crippen LogP contribution in [0.4, 0.5) is 5.69 Å². The maximum absolute atomic E-state index is 13.4. The number of hydrogen-bond donors (Lipinski definition) is 0. The van der Waals surface area contributed by atoms with Crippen molar-refractivity contribution in [3.63, 3.8) is 0 Å². The molecule has 34 heavy (non-hydrogen) atoms. The summed E-state index contributed by atoms with van der Waals surface area (Å²) in [4.78, 5) is 19.0. The van der Waals surface area contributed by atoms with E-state index in [0.29, 0.717) is 22.3 Å². The molecule has 2 aromatic heterocycles. The molecule has 1 atom stereocenters. The fourth-order valence-electron chi connectivity index (χ4n) is 4.25. The van der Waals surface area contributed by atoms with Gasteiger partial charge in [-0.05, 0) is 44.0 Å². The lowest BCUT2D eigenvalue weighted by Crippen LogP contribution is -2.24. The van der Waals surface area contributed by atoms with Crippen LogP contribution in [0.2, 0.25) is 10.0 Å². The second kappa shape index (κ2) is 9.58. The predicted molar refractivity (Wildman–Crippen MR) is 138 cm³/mol. The largest absolute Gasteiger partial charge is 0.376 e. The Hall–Kier alpha value is -2.58. The Kier molecular flexibility index (Phi) is 6.53. The zero-order valence-electron chi connectivity index (χ0n) is 18.9. The van der Waals surface area contributed by atoms with Crippen LogP contribution in [-0.2, 0) is 18.3 Å². The Morgan fingerprint density at radius 2 is 1.94 bits per heavy atom. The summed E-state index contributed by atoms with van der Waals surface area (Å²) in [7, 11) is 1.87. The van der Waals surface area contributed by atoms with Crippen molar-refractivity contribution in [3.05, 3.63) is 84.8 Å². The third-order valence-corrected chi connectivity index (χ3v) is 7.76. The first-order valence-corrected chi connectivity index (χ1v) is 12.7. The van der Waals surface area contributed by atoms with E-state index in [-0.39, 0.29) is 11.7 Å². The van der Waals surface area contributed by atoms with Crippen LogP contribution in [-0.4, -0.2) is 26.6 Å². The van der Waals surface area contributed by atoms with Gasteiger partial charge in [-0.1, -0.05) is 47.5 Å². The van der Waals surface area contributed by atoms with Crippen LogP contribution in [0.25, 0.3) is 16.9 Å². The van der Waals surface area contributed by atoms with Crippen molar-refractivity contribution in [2.45, 2.75) is 32.4 Å². The molecule has 1 aliphatic rings. The van der Waals surface area contributed by atoms with E-state index in [2.05, 4.69) is 4.57 Å². The number of halogens is 2.